The molecule has 4 rings (SSSR count). The van der Waals surface area contributed by atoms with Crippen molar-refractivity contribution < 1.29 is 5.11 Å². The minimum atomic E-state index is -0.178. The molecule has 2 aromatic carbocycles. The van der Waals surface area contributed by atoms with Crippen molar-refractivity contribution in [2.24, 2.45) is 0 Å². The number of halogens is 1. The number of H-pyrrole nitrogens is 1. The molecule has 28 heavy (non-hydrogen) atoms. The first-order valence-electron chi connectivity index (χ1n) is 8.64. The van der Waals surface area contributed by atoms with E-state index in [4.69, 9.17) is 11.6 Å². The van der Waals surface area contributed by atoms with Crippen molar-refractivity contribution in [2.75, 3.05) is 12.1 Å². The van der Waals surface area contributed by atoms with Gasteiger partial charge in [0.05, 0.1) is 21.9 Å². The lowest BCUT2D eigenvalue weighted by molar-refractivity contribution is 0.438. The van der Waals surface area contributed by atoms with Crippen LogP contribution in [0.25, 0.3) is 33.5 Å². The first-order chi connectivity index (χ1) is 13.6. The molecular weight excluding hydrogens is 374 g/mol. The van der Waals surface area contributed by atoms with Crippen molar-refractivity contribution in [3.8, 4) is 28.4 Å². The van der Waals surface area contributed by atoms with Gasteiger partial charge in [0.15, 0.2) is 5.65 Å². The number of fused-ring (bicyclic) bond motifs is 1. The molecule has 0 fully saturated rings. The molecule has 0 spiro atoms. The number of aromatic amines is 1. The summed E-state index contributed by atoms with van der Waals surface area (Å²) in [5.41, 5.74) is 8.75. The lowest BCUT2D eigenvalue weighted by Gasteiger charge is -2.18. The minimum Gasteiger partial charge on any atom is -0.480 e. The SMILES string of the molecule is C=CN(NC)c1ccc(-c2ccc(-c3nc4nc(O)[nH]c4cc3Cl)cc2)cc1. The summed E-state index contributed by atoms with van der Waals surface area (Å²) in [7, 11) is 1.84. The van der Waals surface area contributed by atoms with Crippen LogP contribution in [-0.4, -0.2) is 27.1 Å². The number of hydrogen-bond acceptors (Lipinski definition) is 5. The van der Waals surface area contributed by atoms with Crippen molar-refractivity contribution in [3.05, 3.63) is 72.4 Å². The fourth-order valence-electron chi connectivity index (χ4n) is 3.07. The van der Waals surface area contributed by atoms with Gasteiger partial charge in [-0.15, -0.1) is 0 Å². The van der Waals surface area contributed by atoms with Crippen LogP contribution in [0.1, 0.15) is 0 Å². The molecule has 0 aliphatic heterocycles. The van der Waals surface area contributed by atoms with Gasteiger partial charge in [-0.25, -0.2) is 10.4 Å². The van der Waals surface area contributed by atoms with Crippen LogP contribution in [0.15, 0.2) is 67.4 Å². The maximum absolute atomic E-state index is 9.49. The second kappa shape index (κ2) is 7.34. The number of hydrogen-bond donors (Lipinski definition) is 3. The predicted octanol–water partition coefficient (Wildman–Crippen LogP) is 4.74. The standard InChI is InChI=1S/C21H18ClN5O/c1-3-27(23-2)16-10-8-14(9-11-16)13-4-6-15(7-5-13)19-17(22)12-18-20(25-19)26-21(28)24-18/h3-12,23H,1H2,2H3,(H2,24,25,26,28). The molecule has 6 nitrogen and oxygen atoms in total. The minimum absolute atomic E-state index is 0.178. The highest BCUT2D eigenvalue weighted by molar-refractivity contribution is 6.33. The van der Waals surface area contributed by atoms with E-state index in [-0.39, 0.29) is 6.01 Å². The van der Waals surface area contributed by atoms with Gasteiger partial charge in [0.25, 0.3) is 6.01 Å². The molecule has 3 N–H and O–H groups in total. The zero-order valence-electron chi connectivity index (χ0n) is 15.1. The Morgan fingerprint density at radius 2 is 1.64 bits per heavy atom. The number of anilines is 1. The number of imidazole rings is 1. The van der Waals surface area contributed by atoms with E-state index >= 15 is 0 Å². The number of aromatic hydroxyl groups is 1. The summed E-state index contributed by atoms with van der Waals surface area (Å²) in [6, 6.07) is 17.7. The van der Waals surface area contributed by atoms with Crippen molar-refractivity contribution >= 4 is 28.5 Å². The third-order valence-electron chi connectivity index (χ3n) is 4.47. The maximum Gasteiger partial charge on any atom is 0.293 e. The van der Waals surface area contributed by atoms with E-state index in [1.54, 1.807) is 12.3 Å². The van der Waals surface area contributed by atoms with Crippen LogP contribution in [0.2, 0.25) is 5.02 Å². The Labute approximate surface area is 167 Å². The predicted molar refractivity (Wildman–Crippen MR) is 113 cm³/mol. The van der Waals surface area contributed by atoms with Gasteiger partial charge in [-0.05, 0) is 29.3 Å². The van der Waals surface area contributed by atoms with Crippen molar-refractivity contribution in [1.29, 1.82) is 0 Å². The Hall–Kier alpha value is -3.35. The van der Waals surface area contributed by atoms with Gasteiger partial charge < -0.3 is 10.1 Å². The molecule has 7 heteroatoms. The highest BCUT2D eigenvalue weighted by Crippen LogP contribution is 2.31. The number of nitrogens with zero attached hydrogens (tertiary/aromatic N) is 3. The summed E-state index contributed by atoms with van der Waals surface area (Å²) in [6.07, 6.45) is 1.72. The van der Waals surface area contributed by atoms with Crippen LogP contribution in [0.3, 0.4) is 0 Å². The number of aromatic nitrogens is 3. The molecule has 0 amide bonds. The van der Waals surface area contributed by atoms with E-state index in [9.17, 15) is 5.11 Å². The smallest absolute Gasteiger partial charge is 0.293 e. The number of hydrazine groups is 1. The van der Waals surface area contributed by atoms with Gasteiger partial charge in [0.1, 0.15) is 0 Å². The fraction of sp³-hybridized carbons (Fsp3) is 0.0476. The molecule has 2 aromatic heterocycles. The average molecular weight is 392 g/mol. The largest absolute Gasteiger partial charge is 0.480 e. The van der Waals surface area contributed by atoms with Crippen LogP contribution in [0, 0.1) is 0 Å². The number of nitrogens with one attached hydrogen (secondary N) is 2. The van der Waals surface area contributed by atoms with Crippen LogP contribution in [0.4, 0.5) is 5.69 Å². The molecular formula is C21H18ClN5O. The summed E-state index contributed by atoms with van der Waals surface area (Å²) >= 11 is 6.37. The lowest BCUT2D eigenvalue weighted by atomic mass is 10.0. The van der Waals surface area contributed by atoms with E-state index in [0.29, 0.717) is 21.9 Å². The Morgan fingerprint density at radius 1 is 1.04 bits per heavy atom. The molecule has 0 radical (unpaired) electrons. The average Bonchev–Trinajstić information content (AvgIpc) is 3.08. The molecule has 2 heterocycles. The van der Waals surface area contributed by atoms with Gasteiger partial charge in [-0.2, -0.15) is 4.98 Å². The van der Waals surface area contributed by atoms with Crippen molar-refractivity contribution in [1.82, 2.24) is 20.4 Å². The van der Waals surface area contributed by atoms with Gasteiger partial charge in [-0.1, -0.05) is 54.6 Å². The molecule has 0 saturated heterocycles. The summed E-state index contributed by atoms with van der Waals surface area (Å²) in [4.78, 5) is 11.1. The molecule has 0 unspecified atom stereocenters. The zero-order valence-corrected chi connectivity index (χ0v) is 15.9. The Balaban J connectivity index is 1.64. The third-order valence-corrected chi connectivity index (χ3v) is 4.76. The van der Waals surface area contributed by atoms with Crippen molar-refractivity contribution in [3.63, 3.8) is 0 Å². The van der Waals surface area contributed by atoms with Gasteiger partial charge >= 0.3 is 0 Å². The maximum atomic E-state index is 9.49. The van der Waals surface area contributed by atoms with E-state index in [1.807, 2.05) is 48.5 Å². The molecule has 4 aromatic rings. The van der Waals surface area contributed by atoms with E-state index in [0.717, 1.165) is 22.4 Å². The summed E-state index contributed by atoms with van der Waals surface area (Å²) in [5, 5.41) is 11.8. The topological polar surface area (TPSA) is 77.1 Å². The summed E-state index contributed by atoms with van der Waals surface area (Å²) in [6.45, 7) is 3.78. The molecule has 140 valence electrons. The first-order valence-corrected chi connectivity index (χ1v) is 9.02. The second-order valence-corrected chi connectivity index (χ2v) is 6.56. The van der Waals surface area contributed by atoms with Gasteiger partial charge in [0.2, 0.25) is 0 Å². The molecule has 0 bridgehead atoms. The molecule has 0 aliphatic carbocycles. The van der Waals surface area contributed by atoms with E-state index in [2.05, 4.69) is 39.1 Å². The fourth-order valence-corrected chi connectivity index (χ4v) is 3.33. The molecule has 0 aliphatic rings. The first kappa shape index (κ1) is 18.0. The molecule has 0 atom stereocenters. The quantitative estimate of drug-likeness (QED) is 0.428. The van der Waals surface area contributed by atoms with Crippen LogP contribution >= 0.6 is 11.6 Å². The van der Waals surface area contributed by atoms with Crippen molar-refractivity contribution in [2.45, 2.75) is 0 Å². The monoisotopic (exact) mass is 391 g/mol. The lowest BCUT2D eigenvalue weighted by Crippen LogP contribution is -2.28. The highest BCUT2D eigenvalue weighted by atomic mass is 35.5. The summed E-state index contributed by atoms with van der Waals surface area (Å²) in [5.74, 6) is 0. The van der Waals surface area contributed by atoms with E-state index < -0.39 is 0 Å². The third kappa shape index (κ3) is 3.31. The Kier molecular flexibility index (Phi) is 4.73. The van der Waals surface area contributed by atoms with Crippen LogP contribution < -0.4 is 10.4 Å². The number of benzene rings is 2. The van der Waals surface area contributed by atoms with Crippen LogP contribution in [-0.2, 0) is 0 Å². The highest BCUT2D eigenvalue weighted by Gasteiger charge is 2.11. The Morgan fingerprint density at radius 3 is 2.25 bits per heavy atom. The van der Waals surface area contributed by atoms with Gasteiger partial charge in [0, 0.05) is 18.8 Å². The molecule has 0 saturated carbocycles. The van der Waals surface area contributed by atoms with Crippen LogP contribution in [0.5, 0.6) is 6.01 Å². The number of rotatable bonds is 5. The van der Waals surface area contributed by atoms with E-state index in [1.165, 1.54) is 0 Å². The second-order valence-electron chi connectivity index (χ2n) is 6.15. The normalized spacial score (nSPS) is 10.9. The Bertz CT molecular complexity index is 1140. The zero-order chi connectivity index (χ0) is 19.7. The number of pyridine rings is 1. The summed E-state index contributed by atoms with van der Waals surface area (Å²) < 4.78 is 0. The van der Waals surface area contributed by atoms with Gasteiger partial charge in [-0.3, -0.25) is 5.01 Å².